The largest absolute Gasteiger partial charge is 0.345 e. The third kappa shape index (κ3) is 4.69. The summed E-state index contributed by atoms with van der Waals surface area (Å²) in [6, 6.07) is 35.3. The number of fused-ring (bicyclic) bond motifs is 2. The van der Waals surface area contributed by atoms with Crippen LogP contribution in [0.5, 0.6) is 0 Å². The fourth-order valence-corrected chi connectivity index (χ4v) is 4.87. The molecule has 5 nitrogen and oxygen atoms in total. The molecule has 0 saturated heterocycles. The third-order valence-corrected chi connectivity index (χ3v) is 6.86. The lowest BCUT2D eigenvalue weighted by molar-refractivity contribution is 0.0985. The zero-order valence-corrected chi connectivity index (χ0v) is 20.7. The summed E-state index contributed by atoms with van der Waals surface area (Å²) in [5.74, 6) is -0.146. The molecule has 2 heterocycles. The summed E-state index contributed by atoms with van der Waals surface area (Å²) in [5, 5.41) is 9.03. The summed E-state index contributed by atoms with van der Waals surface area (Å²) in [7, 11) is 0. The molecule has 0 radical (unpaired) electrons. The Labute approximate surface area is 220 Å². The van der Waals surface area contributed by atoms with Crippen LogP contribution in [0.1, 0.15) is 21.6 Å². The van der Waals surface area contributed by atoms with E-state index in [1.807, 2.05) is 79.0 Å². The van der Waals surface area contributed by atoms with E-state index < -0.39 is 0 Å². The van der Waals surface area contributed by atoms with Crippen molar-refractivity contribution in [1.82, 2.24) is 4.57 Å². The van der Waals surface area contributed by atoms with Gasteiger partial charge in [0.1, 0.15) is 0 Å². The first-order valence-corrected chi connectivity index (χ1v) is 12.4. The van der Waals surface area contributed by atoms with Crippen LogP contribution in [0, 0.1) is 0 Å². The first kappa shape index (κ1) is 23.0. The van der Waals surface area contributed by atoms with Crippen molar-refractivity contribution in [3.63, 3.8) is 0 Å². The van der Waals surface area contributed by atoms with Gasteiger partial charge < -0.3 is 9.47 Å². The lowest BCUT2D eigenvalue weighted by atomic mass is 10.1. The summed E-state index contributed by atoms with van der Waals surface area (Å²) < 4.78 is 2.17. The number of carbonyl (C=O) groups is 1. The molecule has 1 aliphatic heterocycles. The molecular formula is C31H23ClN4O. The van der Waals surface area contributed by atoms with Gasteiger partial charge in [0.15, 0.2) is 0 Å². The van der Waals surface area contributed by atoms with Crippen molar-refractivity contribution in [2.24, 2.45) is 10.2 Å². The first-order chi connectivity index (χ1) is 18.2. The van der Waals surface area contributed by atoms with Crippen molar-refractivity contribution in [2.45, 2.75) is 13.1 Å². The van der Waals surface area contributed by atoms with Gasteiger partial charge in [-0.25, -0.2) is 0 Å². The quantitative estimate of drug-likeness (QED) is 0.227. The second-order valence-electron chi connectivity index (χ2n) is 8.92. The number of rotatable bonds is 4. The smallest absolute Gasteiger partial charge is 0.260 e. The number of amides is 1. The highest BCUT2D eigenvalue weighted by Crippen LogP contribution is 2.32. The van der Waals surface area contributed by atoms with Crippen LogP contribution in [0.25, 0.3) is 11.1 Å². The Hall–Kier alpha value is -4.48. The fraction of sp³-hybridized carbons (Fsp3) is 0.0645. The van der Waals surface area contributed by atoms with E-state index >= 15 is 0 Å². The minimum absolute atomic E-state index is 0.146. The van der Waals surface area contributed by atoms with Gasteiger partial charge in [0, 0.05) is 24.1 Å². The number of benzene rings is 4. The molecule has 0 N–H and O–H groups in total. The Morgan fingerprint density at radius 3 is 2.22 bits per heavy atom. The third-order valence-electron chi connectivity index (χ3n) is 6.55. The molecular weight excluding hydrogens is 480 g/mol. The highest BCUT2D eigenvalue weighted by atomic mass is 35.5. The molecule has 0 spiro atoms. The molecule has 6 rings (SSSR count). The van der Waals surface area contributed by atoms with Crippen molar-refractivity contribution in [3.05, 3.63) is 137 Å². The predicted octanol–water partition coefficient (Wildman–Crippen LogP) is 8.43. The topological polar surface area (TPSA) is 50.0 Å². The van der Waals surface area contributed by atoms with Crippen LogP contribution >= 0.6 is 11.6 Å². The average molecular weight is 503 g/mol. The van der Waals surface area contributed by atoms with Crippen molar-refractivity contribution in [1.29, 1.82) is 0 Å². The van der Waals surface area contributed by atoms with Gasteiger partial charge in [-0.05, 0) is 65.2 Å². The standard InChI is InChI=1S/C31H23ClN4O/c32-29-19-26(34-33-25-14-12-23(13-15-25)22-7-2-1-3-8-22)16-17-28(29)31(37)36-21-27-10-6-18-35(27)20-24-9-4-5-11-30(24)36/h1-19H,20-21H2/b34-33+. The van der Waals surface area contributed by atoms with Gasteiger partial charge in [-0.15, -0.1) is 0 Å². The van der Waals surface area contributed by atoms with Crippen LogP contribution in [0.15, 0.2) is 126 Å². The van der Waals surface area contributed by atoms with E-state index in [0.717, 1.165) is 40.3 Å². The monoisotopic (exact) mass is 502 g/mol. The van der Waals surface area contributed by atoms with E-state index in [9.17, 15) is 4.79 Å². The Balaban J connectivity index is 1.23. The summed E-state index contributed by atoms with van der Waals surface area (Å²) >= 11 is 6.61. The maximum Gasteiger partial charge on any atom is 0.260 e. The number of halogens is 1. The van der Waals surface area contributed by atoms with Gasteiger partial charge in [0.25, 0.3) is 5.91 Å². The molecule has 180 valence electrons. The molecule has 6 heteroatoms. The number of nitrogens with zero attached hydrogens (tertiary/aromatic N) is 4. The number of aromatic nitrogens is 1. The second kappa shape index (κ2) is 9.88. The molecule has 0 bridgehead atoms. The predicted molar refractivity (Wildman–Crippen MR) is 148 cm³/mol. The normalized spacial score (nSPS) is 12.7. The second-order valence-corrected chi connectivity index (χ2v) is 9.33. The van der Waals surface area contributed by atoms with Crippen LogP contribution in [-0.4, -0.2) is 10.5 Å². The van der Waals surface area contributed by atoms with Crippen molar-refractivity contribution in [3.8, 4) is 11.1 Å². The van der Waals surface area contributed by atoms with Crippen LogP contribution in [0.3, 0.4) is 0 Å². The number of anilines is 1. The molecule has 0 unspecified atom stereocenters. The minimum atomic E-state index is -0.146. The zero-order chi connectivity index (χ0) is 25.2. The molecule has 37 heavy (non-hydrogen) atoms. The first-order valence-electron chi connectivity index (χ1n) is 12.1. The maximum absolute atomic E-state index is 13.7. The molecule has 0 fully saturated rings. The molecule has 1 aliphatic rings. The zero-order valence-electron chi connectivity index (χ0n) is 20.0. The van der Waals surface area contributed by atoms with Crippen molar-refractivity contribution >= 4 is 34.6 Å². The van der Waals surface area contributed by atoms with Gasteiger partial charge in [-0.3, -0.25) is 4.79 Å². The highest BCUT2D eigenvalue weighted by Gasteiger charge is 2.26. The van der Waals surface area contributed by atoms with E-state index in [0.29, 0.717) is 22.8 Å². The fourth-order valence-electron chi connectivity index (χ4n) is 4.62. The number of hydrogen-bond donors (Lipinski definition) is 0. The van der Waals surface area contributed by atoms with Gasteiger partial charge >= 0.3 is 0 Å². The van der Waals surface area contributed by atoms with Crippen LogP contribution < -0.4 is 4.90 Å². The minimum Gasteiger partial charge on any atom is -0.345 e. The number of azo groups is 1. The van der Waals surface area contributed by atoms with Gasteiger partial charge in [-0.2, -0.15) is 10.2 Å². The molecule has 0 atom stereocenters. The SMILES string of the molecule is O=C(c1ccc(/N=N/c2ccc(-c3ccccc3)cc2)cc1Cl)N1Cc2cccn2Cc2ccccc21. The van der Waals surface area contributed by atoms with Crippen LogP contribution in [0.2, 0.25) is 5.02 Å². The van der Waals surface area contributed by atoms with E-state index in [4.69, 9.17) is 11.6 Å². The van der Waals surface area contributed by atoms with Crippen LogP contribution in [0.4, 0.5) is 17.1 Å². The van der Waals surface area contributed by atoms with Gasteiger partial charge in [-0.1, -0.05) is 72.3 Å². The molecule has 1 amide bonds. The summed E-state index contributed by atoms with van der Waals surface area (Å²) in [6.45, 7) is 1.20. The number of para-hydroxylation sites is 1. The molecule has 4 aromatic carbocycles. The summed E-state index contributed by atoms with van der Waals surface area (Å²) in [4.78, 5) is 15.5. The van der Waals surface area contributed by atoms with Crippen molar-refractivity contribution in [2.75, 3.05) is 4.90 Å². The van der Waals surface area contributed by atoms with Crippen molar-refractivity contribution < 1.29 is 4.79 Å². The summed E-state index contributed by atoms with van der Waals surface area (Å²) in [6.07, 6.45) is 2.04. The lowest BCUT2D eigenvalue weighted by Crippen LogP contribution is -2.30. The van der Waals surface area contributed by atoms with Gasteiger partial charge in [0.2, 0.25) is 0 Å². The Kier molecular flexibility index (Phi) is 6.13. The van der Waals surface area contributed by atoms with E-state index in [1.165, 1.54) is 0 Å². The average Bonchev–Trinajstić information content (AvgIpc) is 3.31. The Morgan fingerprint density at radius 2 is 1.41 bits per heavy atom. The number of hydrogen-bond acceptors (Lipinski definition) is 3. The highest BCUT2D eigenvalue weighted by molar-refractivity contribution is 6.34. The molecule has 1 aromatic heterocycles. The van der Waals surface area contributed by atoms with E-state index in [-0.39, 0.29) is 5.91 Å². The molecule has 0 saturated carbocycles. The molecule has 5 aromatic rings. The summed E-state index contributed by atoms with van der Waals surface area (Å²) in [5.41, 5.74) is 7.08. The Morgan fingerprint density at radius 1 is 0.703 bits per heavy atom. The Bertz CT molecular complexity index is 1610. The van der Waals surface area contributed by atoms with Gasteiger partial charge in [0.05, 0.1) is 28.5 Å². The van der Waals surface area contributed by atoms with E-state index in [1.54, 1.807) is 23.1 Å². The lowest BCUT2D eigenvalue weighted by Gasteiger charge is -2.23. The molecule has 0 aliphatic carbocycles. The van der Waals surface area contributed by atoms with E-state index in [2.05, 4.69) is 33.0 Å². The number of carbonyl (C=O) groups excluding carboxylic acids is 1. The van der Waals surface area contributed by atoms with Crippen LogP contribution in [-0.2, 0) is 13.1 Å². The maximum atomic E-state index is 13.7.